The number of amides is 2. The second-order valence-corrected chi connectivity index (χ2v) is 7.11. The van der Waals surface area contributed by atoms with Gasteiger partial charge in [0.25, 0.3) is 0 Å². The molecule has 0 spiro atoms. The van der Waals surface area contributed by atoms with E-state index in [2.05, 4.69) is 17.6 Å². The Bertz CT molecular complexity index is 498. The predicted molar refractivity (Wildman–Crippen MR) is 88.6 cm³/mol. The molecule has 0 saturated carbocycles. The summed E-state index contributed by atoms with van der Waals surface area (Å²) in [6.07, 6.45) is 0.890. The summed E-state index contributed by atoms with van der Waals surface area (Å²) in [5, 5.41) is 5.60. The van der Waals surface area contributed by atoms with Crippen molar-refractivity contribution in [1.82, 2.24) is 5.32 Å². The second-order valence-electron chi connectivity index (χ2n) is 5.69. The molecule has 116 valence electrons. The van der Waals surface area contributed by atoms with E-state index in [9.17, 15) is 9.59 Å². The van der Waals surface area contributed by atoms with Crippen molar-refractivity contribution >= 4 is 29.3 Å². The topological polar surface area (TPSA) is 58.2 Å². The lowest BCUT2D eigenvalue weighted by Crippen LogP contribution is -2.46. The van der Waals surface area contributed by atoms with Gasteiger partial charge in [-0.15, -0.1) is 11.8 Å². The first kappa shape index (κ1) is 17.6. The average molecular weight is 308 g/mol. The highest BCUT2D eigenvalue weighted by Crippen LogP contribution is 2.25. The molecule has 1 aromatic rings. The van der Waals surface area contributed by atoms with Crippen LogP contribution in [0.3, 0.4) is 0 Å². The van der Waals surface area contributed by atoms with Gasteiger partial charge in [-0.25, -0.2) is 0 Å². The van der Waals surface area contributed by atoms with Crippen molar-refractivity contribution in [2.24, 2.45) is 0 Å². The van der Waals surface area contributed by atoms with Crippen molar-refractivity contribution in [2.45, 2.75) is 56.7 Å². The normalized spacial score (nSPS) is 12.6. The van der Waals surface area contributed by atoms with E-state index >= 15 is 0 Å². The van der Waals surface area contributed by atoms with E-state index in [0.717, 1.165) is 17.0 Å². The molecule has 1 aromatic carbocycles. The zero-order valence-electron chi connectivity index (χ0n) is 13.3. The number of rotatable bonds is 6. The molecule has 21 heavy (non-hydrogen) atoms. The molecule has 0 aliphatic rings. The molecule has 0 aliphatic heterocycles. The van der Waals surface area contributed by atoms with Crippen LogP contribution in [0.2, 0.25) is 0 Å². The number of hydrogen-bond acceptors (Lipinski definition) is 3. The van der Waals surface area contributed by atoms with E-state index in [0.29, 0.717) is 0 Å². The van der Waals surface area contributed by atoms with Crippen molar-refractivity contribution in [2.75, 3.05) is 5.32 Å². The standard InChI is InChI=1S/C16H24N2O2S/c1-6-16(4,5)18-15(20)11(2)21-14-9-7-13(8-10-14)17-12(3)19/h7-11H,6H2,1-5H3,(H,17,19)(H,18,20). The summed E-state index contributed by atoms with van der Waals surface area (Å²) >= 11 is 1.51. The Hall–Kier alpha value is -1.49. The Balaban J connectivity index is 2.60. The fraction of sp³-hybridized carbons (Fsp3) is 0.500. The van der Waals surface area contributed by atoms with Crippen LogP contribution in [0.15, 0.2) is 29.2 Å². The van der Waals surface area contributed by atoms with E-state index in [-0.39, 0.29) is 22.6 Å². The molecule has 0 radical (unpaired) electrons. The predicted octanol–water partition coefficient (Wildman–Crippen LogP) is 3.43. The lowest BCUT2D eigenvalue weighted by Gasteiger charge is -2.26. The Morgan fingerprint density at radius 2 is 1.81 bits per heavy atom. The van der Waals surface area contributed by atoms with Crippen LogP contribution >= 0.6 is 11.8 Å². The molecule has 1 atom stereocenters. The molecule has 2 amide bonds. The van der Waals surface area contributed by atoms with Gasteiger partial charge in [-0.2, -0.15) is 0 Å². The maximum Gasteiger partial charge on any atom is 0.233 e. The molecule has 1 rings (SSSR count). The summed E-state index contributed by atoms with van der Waals surface area (Å²) in [6.45, 7) is 9.46. The number of carbonyl (C=O) groups is 2. The van der Waals surface area contributed by atoms with Crippen molar-refractivity contribution in [3.8, 4) is 0 Å². The summed E-state index contributed by atoms with van der Waals surface area (Å²) in [6, 6.07) is 7.49. The van der Waals surface area contributed by atoms with E-state index in [1.54, 1.807) is 0 Å². The molecule has 2 N–H and O–H groups in total. The van der Waals surface area contributed by atoms with Crippen LogP contribution in [0.5, 0.6) is 0 Å². The number of nitrogens with one attached hydrogen (secondary N) is 2. The number of thioether (sulfide) groups is 1. The van der Waals surface area contributed by atoms with Gasteiger partial charge in [0.2, 0.25) is 11.8 Å². The van der Waals surface area contributed by atoms with Gasteiger partial charge in [0.05, 0.1) is 5.25 Å². The number of benzene rings is 1. The zero-order valence-corrected chi connectivity index (χ0v) is 14.1. The first-order valence-electron chi connectivity index (χ1n) is 7.10. The van der Waals surface area contributed by atoms with E-state index < -0.39 is 0 Å². The highest BCUT2D eigenvalue weighted by molar-refractivity contribution is 8.00. The monoisotopic (exact) mass is 308 g/mol. The van der Waals surface area contributed by atoms with Gasteiger partial charge >= 0.3 is 0 Å². The third-order valence-electron chi connectivity index (χ3n) is 3.20. The summed E-state index contributed by atoms with van der Waals surface area (Å²) < 4.78 is 0. The zero-order chi connectivity index (χ0) is 16.0. The maximum atomic E-state index is 12.1. The molecule has 0 saturated heterocycles. The van der Waals surface area contributed by atoms with E-state index in [1.165, 1.54) is 18.7 Å². The molecule has 0 aromatic heterocycles. The number of anilines is 1. The lowest BCUT2D eigenvalue weighted by molar-refractivity contribution is -0.122. The minimum Gasteiger partial charge on any atom is -0.350 e. The van der Waals surface area contributed by atoms with Crippen molar-refractivity contribution in [1.29, 1.82) is 0 Å². The number of carbonyl (C=O) groups excluding carboxylic acids is 2. The average Bonchev–Trinajstić information content (AvgIpc) is 2.40. The van der Waals surface area contributed by atoms with Crippen molar-refractivity contribution < 1.29 is 9.59 Å². The van der Waals surface area contributed by atoms with Gasteiger partial charge in [-0.3, -0.25) is 9.59 Å². The highest BCUT2D eigenvalue weighted by Gasteiger charge is 2.22. The van der Waals surface area contributed by atoms with Crippen LogP contribution in [-0.4, -0.2) is 22.6 Å². The Labute approximate surface area is 131 Å². The highest BCUT2D eigenvalue weighted by atomic mass is 32.2. The lowest BCUT2D eigenvalue weighted by atomic mass is 10.0. The molecular weight excluding hydrogens is 284 g/mol. The molecular formula is C16H24N2O2S. The van der Waals surface area contributed by atoms with Crippen LogP contribution in [0.1, 0.15) is 41.0 Å². The second kappa shape index (κ2) is 7.50. The summed E-state index contributed by atoms with van der Waals surface area (Å²) in [7, 11) is 0. The molecule has 0 heterocycles. The Morgan fingerprint density at radius 1 is 1.24 bits per heavy atom. The molecule has 5 heteroatoms. The van der Waals surface area contributed by atoms with Crippen LogP contribution in [0.25, 0.3) is 0 Å². The van der Waals surface area contributed by atoms with Gasteiger partial charge in [0.1, 0.15) is 0 Å². The minimum atomic E-state index is -0.179. The van der Waals surface area contributed by atoms with E-state index in [1.807, 2.05) is 45.0 Å². The molecule has 0 bridgehead atoms. The van der Waals surface area contributed by atoms with Gasteiger partial charge in [0.15, 0.2) is 0 Å². The SMILES string of the molecule is CCC(C)(C)NC(=O)C(C)Sc1ccc(NC(C)=O)cc1. The van der Waals surface area contributed by atoms with Crippen molar-refractivity contribution in [3.05, 3.63) is 24.3 Å². The molecule has 1 unspecified atom stereocenters. The van der Waals surface area contributed by atoms with Crippen molar-refractivity contribution in [3.63, 3.8) is 0 Å². The Kier molecular flexibility index (Phi) is 6.27. The van der Waals surface area contributed by atoms with Gasteiger partial charge in [-0.05, 0) is 51.5 Å². The first-order chi connectivity index (χ1) is 9.73. The summed E-state index contributed by atoms with van der Waals surface area (Å²) in [5.74, 6) is -0.0530. The smallest absolute Gasteiger partial charge is 0.233 e. The van der Waals surface area contributed by atoms with Gasteiger partial charge in [-0.1, -0.05) is 6.92 Å². The molecule has 0 fully saturated rings. The van der Waals surface area contributed by atoms with Crippen LogP contribution in [0, 0.1) is 0 Å². The molecule has 4 nitrogen and oxygen atoms in total. The van der Waals surface area contributed by atoms with Gasteiger partial charge < -0.3 is 10.6 Å². The molecule has 0 aliphatic carbocycles. The third-order valence-corrected chi connectivity index (χ3v) is 4.31. The largest absolute Gasteiger partial charge is 0.350 e. The fourth-order valence-electron chi connectivity index (χ4n) is 1.60. The van der Waals surface area contributed by atoms with E-state index in [4.69, 9.17) is 0 Å². The maximum absolute atomic E-state index is 12.1. The van der Waals surface area contributed by atoms with Crippen LogP contribution in [0.4, 0.5) is 5.69 Å². The quantitative estimate of drug-likeness (QED) is 0.792. The number of hydrogen-bond donors (Lipinski definition) is 2. The van der Waals surface area contributed by atoms with Crippen LogP contribution in [-0.2, 0) is 9.59 Å². The Morgan fingerprint density at radius 3 is 2.29 bits per heavy atom. The minimum absolute atomic E-state index is 0.0396. The summed E-state index contributed by atoms with van der Waals surface area (Å²) in [5.41, 5.74) is 0.581. The fourth-order valence-corrected chi connectivity index (χ4v) is 2.47. The van der Waals surface area contributed by atoms with Gasteiger partial charge in [0, 0.05) is 23.0 Å². The summed E-state index contributed by atoms with van der Waals surface area (Å²) in [4.78, 5) is 24.1. The third kappa shape index (κ3) is 6.21. The van der Waals surface area contributed by atoms with Crippen LogP contribution < -0.4 is 10.6 Å². The first-order valence-corrected chi connectivity index (χ1v) is 7.98.